The Morgan fingerprint density at radius 3 is 1.49 bits per heavy atom. The Balaban J connectivity index is 1.04. The zero-order chi connectivity index (χ0) is 45.4. The molecule has 0 aliphatic rings. The van der Waals surface area contributed by atoms with Gasteiger partial charge < -0.3 is 13.6 Å². The second-order valence-corrected chi connectivity index (χ2v) is 17.5. The lowest BCUT2D eigenvalue weighted by Crippen LogP contribution is -2.04. The number of hydrogen-bond acceptors (Lipinski definition) is 4. The number of para-hydroxylation sites is 4. The van der Waals surface area contributed by atoms with E-state index >= 15 is 0 Å². The second kappa shape index (κ2) is 15.6. The Labute approximate surface area is 396 Å². The average Bonchev–Trinajstić information content (AvgIpc) is 4.09. The molecule has 0 saturated carbocycles. The van der Waals surface area contributed by atoms with Crippen LogP contribution in [0.15, 0.2) is 241 Å². The maximum atomic E-state index is 6.24. The second-order valence-electron chi connectivity index (χ2n) is 17.5. The lowest BCUT2D eigenvalue weighted by molar-refractivity contribution is 0.669. The third-order valence-electron chi connectivity index (χ3n) is 13.6. The van der Waals surface area contributed by atoms with E-state index in [4.69, 9.17) is 19.4 Å². The summed E-state index contributed by atoms with van der Waals surface area (Å²) < 4.78 is 11.0. The number of hydrogen-bond donors (Lipinski definition) is 0. The van der Waals surface area contributed by atoms with Gasteiger partial charge >= 0.3 is 0 Å². The minimum atomic E-state index is 0.575. The first-order valence-electron chi connectivity index (χ1n) is 23.3. The van der Waals surface area contributed by atoms with Crippen LogP contribution in [0, 0.1) is 0 Å². The van der Waals surface area contributed by atoms with Crippen LogP contribution in [0.4, 0.5) is 0 Å². The highest BCUT2D eigenvalue weighted by Gasteiger charge is 2.24. The molecule has 4 aromatic heterocycles. The quantitative estimate of drug-likeness (QED) is 0.160. The minimum absolute atomic E-state index is 0.575. The van der Waals surface area contributed by atoms with E-state index < -0.39 is 0 Å². The van der Waals surface area contributed by atoms with Crippen molar-refractivity contribution in [1.29, 1.82) is 0 Å². The van der Waals surface area contributed by atoms with E-state index in [2.05, 4.69) is 197 Å². The molecule has 0 bridgehead atoms. The normalized spacial score (nSPS) is 11.8. The van der Waals surface area contributed by atoms with Crippen molar-refractivity contribution in [1.82, 2.24) is 24.1 Å². The molecule has 0 N–H and O–H groups in total. The number of fused-ring (bicyclic) bond motifs is 9. The molecule has 0 spiro atoms. The van der Waals surface area contributed by atoms with Crippen molar-refractivity contribution in [2.75, 3.05) is 0 Å². The zero-order valence-corrected chi connectivity index (χ0v) is 37.2. The van der Waals surface area contributed by atoms with Gasteiger partial charge in [0, 0.05) is 54.7 Å². The van der Waals surface area contributed by atoms with Gasteiger partial charge in [0.15, 0.2) is 17.5 Å². The molecule has 14 rings (SSSR count). The summed E-state index contributed by atoms with van der Waals surface area (Å²) in [6.45, 7) is 0. The van der Waals surface area contributed by atoms with E-state index in [1.165, 1.54) is 38.3 Å². The van der Waals surface area contributed by atoms with Gasteiger partial charge in [-0.2, -0.15) is 0 Å². The maximum Gasteiger partial charge on any atom is 0.166 e. The maximum absolute atomic E-state index is 6.24. The molecule has 0 radical (unpaired) electrons. The Hall–Kier alpha value is -9.39. The predicted molar refractivity (Wildman–Crippen MR) is 283 cm³/mol. The van der Waals surface area contributed by atoms with Crippen molar-refractivity contribution in [3.05, 3.63) is 237 Å². The summed E-state index contributed by atoms with van der Waals surface area (Å²) in [5.41, 5.74) is 15.5. The molecule has 0 amide bonds. The number of furan rings is 1. The van der Waals surface area contributed by atoms with Crippen LogP contribution in [0.25, 0.3) is 133 Å². The van der Waals surface area contributed by atoms with Crippen molar-refractivity contribution >= 4 is 65.6 Å². The lowest BCUT2D eigenvalue weighted by Gasteiger charge is -2.17. The van der Waals surface area contributed by atoms with Crippen LogP contribution in [0.3, 0.4) is 0 Å². The Kier molecular flexibility index (Phi) is 8.79. The fourth-order valence-corrected chi connectivity index (χ4v) is 10.5. The summed E-state index contributed by atoms with van der Waals surface area (Å²) in [6, 6.07) is 83.5. The van der Waals surface area contributed by atoms with Gasteiger partial charge in [0.25, 0.3) is 0 Å². The molecule has 6 heteroatoms. The lowest BCUT2D eigenvalue weighted by atomic mass is 9.95. The minimum Gasteiger partial charge on any atom is -0.456 e. The van der Waals surface area contributed by atoms with Gasteiger partial charge in [0.1, 0.15) is 11.2 Å². The van der Waals surface area contributed by atoms with E-state index in [-0.39, 0.29) is 0 Å². The highest BCUT2D eigenvalue weighted by atomic mass is 16.3. The molecule has 0 atom stereocenters. The number of rotatable bonds is 7. The number of nitrogens with zero attached hydrogens (tertiary/aromatic N) is 5. The SMILES string of the molecule is c1ccc(-c2ccc(-c3nc(-c4ccccc4)nc(-c4ccc5oc6ccccc6c5c4)n3)c(-n3c4ccccc4c4c(-c5cccc6c5c5ccccc5n6-c5ccccc5)cccc43)c2)cc1. The third kappa shape index (κ3) is 6.23. The summed E-state index contributed by atoms with van der Waals surface area (Å²) in [5.74, 6) is 1.75. The molecule has 10 aromatic carbocycles. The molecule has 14 aromatic rings. The monoisotopic (exact) mass is 881 g/mol. The Bertz CT molecular complexity index is 4300. The summed E-state index contributed by atoms with van der Waals surface area (Å²) >= 11 is 0. The van der Waals surface area contributed by atoms with Gasteiger partial charge in [-0.3, -0.25) is 0 Å². The van der Waals surface area contributed by atoms with Crippen LogP contribution < -0.4 is 0 Å². The average molecular weight is 882 g/mol. The first-order chi connectivity index (χ1) is 34.2. The highest BCUT2D eigenvalue weighted by Crippen LogP contribution is 2.45. The summed E-state index contributed by atoms with van der Waals surface area (Å²) in [7, 11) is 0. The van der Waals surface area contributed by atoms with Gasteiger partial charge in [-0.25, -0.2) is 15.0 Å². The molecule has 0 unspecified atom stereocenters. The largest absolute Gasteiger partial charge is 0.456 e. The zero-order valence-electron chi connectivity index (χ0n) is 37.2. The van der Waals surface area contributed by atoms with Crippen molar-refractivity contribution < 1.29 is 4.42 Å². The van der Waals surface area contributed by atoms with Gasteiger partial charge in [-0.05, 0) is 95.1 Å². The van der Waals surface area contributed by atoms with Crippen molar-refractivity contribution in [2.45, 2.75) is 0 Å². The molecule has 4 heterocycles. The van der Waals surface area contributed by atoms with Gasteiger partial charge in [-0.15, -0.1) is 0 Å². The molecular weight excluding hydrogens is 843 g/mol. The molecule has 0 saturated heterocycles. The van der Waals surface area contributed by atoms with E-state index in [1.54, 1.807) is 0 Å². The van der Waals surface area contributed by atoms with Crippen LogP contribution in [-0.2, 0) is 0 Å². The van der Waals surface area contributed by atoms with Gasteiger partial charge in [0.05, 0.1) is 27.8 Å². The predicted octanol–water partition coefficient (Wildman–Crippen LogP) is 16.3. The summed E-state index contributed by atoms with van der Waals surface area (Å²) in [4.78, 5) is 15.9. The first kappa shape index (κ1) is 38.8. The fraction of sp³-hybridized carbons (Fsp3) is 0. The molecule has 0 aliphatic carbocycles. The van der Waals surface area contributed by atoms with Crippen molar-refractivity contribution in [3.63, 3.8) is 0 Å². The highest BCUT2D eigenvalue weighted by molar-refractivity contribution is 6.22. The Morgan fingerprint density at radius 2 is 0.797 bits per heavy atom. The topological polar surface area (TPSA) is 61.7 Å². The first-order valence-corrected chi connectivity index (χ1v) is 23.3. The van der Waals surface area contributed by atoms with Crippen LogP contribution in [0.1, 0.15) is 0 Å². The van der Waals surface area contributed by atoms with Crippen molar-refractivity contribution in [3.8, 4) is 67.8 Å². The van der Waals surface area contributed by atoms with Crippen LogP contribution in [0.2, 0.25) is 0 Å². The summed E-state index contributed by atoms with van der Waals surface area (Å²) in [6.07, 6.45) is 0. The van der Waals surface area contributed by atoms with Crippen LogP contribution in [0.5, 0.6) is 0 Å². The Morgan fingerprint density at radius 1 is 0.290 bits per heavy atom. The van der Waals surface area contributed by atoms with Gasteiger partial charge in [-0.1, -0.05) is 164 Å². The smallest absolute Gasteiger partial charge is 0.166 e. The third-order valence-corrected chi connectivity index (χ3v) is 13.6. The van der Waals surface area contributed by atoms with E-state index in [0.29, 0.717) is 17.5 Å². The molecule has 0 aliphatic heterocycles. The molecule has 322 valence electrons. The molecule has 6 nitrogen and oxygen atoms in total. The molecular formula is C63H39N5O. The van der Waals surface area contributed by atoms with Crippen LogP contribution in [-0.4, -0.2) is 24.1 Å². The number of aromatic nitrogens is 5. The van der Waals surface area contributed by atoms with Crippen LogP contribution >= 0.6 is 0 Å². The standard InChI is InChI=1S/C63H39N5O/c1-4-18-40(19-5-1)42-34-36-50(63-65-61(41-20-6-2-7-21-41)64-62(66-63)43-35-37-58-51(38-43)45-24-12-15-33-57(45)69-58)56(39-42)68-53-30-14-11-26-49(53)60-47(28-17-32-55(60)68)46-27-16-31-54-59(46)48-25-10-13-29-52(48)67(54)44-22-8-3-9-23-44/h1-39H. The summed E-state index contributed by atoms with van der Waals surface area (Å²) in [5, 5.41) is 6.83. The van der Waals surface area contributed by atoms with E-state index in [1.807, 2.05) is 48.5 Å². The molecule has 69 heavy (non-hydrogen) atoms. The van der Waals surface area contributed by atoms with E-state index in [9.17, 15) is 0 Å². The molecule has 0 fully saturated rings. The van der Waals surface area contributed by atoms with E-state index in [0.717, 1.165) is 77.6 Å². The fourth-order valence-electron chi connectivity index (χ4n) is 10.5. The van der Waals surface area contributed by atoms with Crippen molar-refractivity contribution in [2.24, 2.45) is 0 Å². The number of benzene rings is 10. The van der Waals surface area contributed by atoms with Gasteiger partial charge in [0.2, 0.25) is 0 Å².